The standard InChI is InChI=1S/C7H16N2O4S2/c1-14(10,11)6-15(12,13)9-4-2-7(8)3-5-9/h7H,2-6,8H2,1H3. The van der Waals surface area contributed by atoms with Crippen molar-refractivity contribution >= 4 is 19.9 Å². The Kier molecular flexibility index (Phi) is 3.75. The van der Waals surface area contributed by atoms with Crippen molar-refractivity contribution in [2.75, 3.05) is 24.4 Å². The summed E-state index contributed by atoms with van der Waals surface area (Å²) in [6.45, 7) is 0.637. The van der Waals surface area contributed by atoms with Gasteiger partial charge in [0.2, 0.25) is 10.0 Å². The van der Waals surface area contributed by atoms with Crippen LogP contribution in [0.3, 0.4) is 0 Å². The summed E-state index contributed by atoms with van der Waals surface area (Å²) in [6, 6.07) is 0.0229. The van der Waals surface area contributed by atoms with E-state index in [9.17, 15) is 16.8 Å². The fourth-order valence-corrected chi connectivity index (χ4v) is 5.03. The Hall–Kier alpha value is -0.180. The second kappa shape index (κ2) is 4.36. The molecule has 0 aromatic heterocycles. The molecule has 0 atom stereocenters. The summed E-state index contributed by atoms with van der Waals surface area (Å²) in [5.41, 5.74) is 5.63. The van der Waals surface area contributed by atoms with Gasteiger partial charge in [0, 0.05) is 25.4 Å². The first-order valence-electron chi connectivity index (χ1n) is 4.62. The monoisotopic (exact) mass is 256 g/mol. The van der Waals surface area contributed by atoms with Crippen molar-refractivity contribution in [3.8, 4) is 0 Å². The van der Waals surface area contributed by atoms with E-state index in [4.69, 9.17) is 5.73 Å². The lowest BCUT2D eigenvalue weighted by atomic mass is 10.1. The minimum atomic E-state index is -3.67. The predicted octanol–water partition coefficient (Wildman–Crippen LogP) is -1.26. The second-order valence-electron chi connectivity index (χ2n) is 3.89. The maximum Gasteiger partial charge on any atom is 0.228 e. The van der Waals surface area contributed by atoms with E-state index in [1.807, 2.05) is 0 Å². The Bertz CT molecular complexity index is 406. The molecule has 0 aromatic rings. The van der Waals surface area contributed by atoms with Crippen molar-refractivity contribution in [2.24, 2.45) is 5.73 Å². The van der Waals surface area contributed by atoms with Gasteiger partial charge in [0.25, 0.3) is 0 Å². The van der Waals surface area contributed by atoms with E-state index in [1.165, 1.54) is 4.31 Å². The molecule has 1 saturated heterocycles. The van der Waals surface area contributed by atoms with Crippen LogP contribution in [0.25, 0.3) is 0 Å². The summed E-state index contributed by atoms with van der Waals surface area (Å²) in [4.78, 5) is 0. The molecule has 0 aromatic carbocycles. The number of sulfone groups is 1. The predicted molar refractivity (Wildman–Crippen MR) is 57.4 cm³/mol. The smallest absolute Gasteiger partial charge is 0.228 e. The average Bonchev–Trinajstić information content (AvgIpc) is 2.00. The summed E-state index contributed by atoms with van der Waals surface area (Å²) in [5.74, 6) is 0. The van der Waals surface area contributed by atoms with Gasteiger partial charge in [-0.2, -0.15) is 0 Å². The Morgan fingerprint density at radius 1 is 1.20 bits per heavy atom. The van der Waals surface area contributed by atoms with Crippen LogP contribution in [-0.4, -0.2) is 51.6 Å². The van der Waals surface area contributed by atoms with Crippen LogP contribution in [0, 0.1) is 0 Å². The van der Waals surface area contributed by atoms with Gasteiger partial charge >= 0.3 is 0 Å². The van der Waals surface area contributed by atoms with Gasteiger partial charge in [-0.3, -0.25) is 0 Å². The normalized spacial score (nSPS) is 21.7. The van der Waals surface area contributed by atoms with E-state index in [-0.39, 0.29) is 6.04 Å². The van der Waals surface area contributed by atoms with Gasteiger partial charge in [-0.15, -0.1) is 0 Å². The van der Waals surface area contributed by atoms with Gasteiger partial charge in [0.15, 0.2) is 14.9 Å². The lowest BCUT2D eigenvalue weighted by Crippen LogP contribution is -2.44. The highest BCUT2D eigenvalue weighted by Crippen LogP contribution is 2.13. The number of nitrogens with two attached hydrogens (primary N) is 1. The summed E-state index contributed by atoms with van der Waals surface area (Å²) in [7, 11) is -7.18. The minimum absolute atomic E-state index is 0.0229. The number of rotatable bonds is 3. The second-order valence-corrected chi connectivity index (χ2v) is 8.37. The molecular weight excluding hydrogens is 240 g/mol. The van der Waals surface area contributed by atoms with Gasteiger partial charge in [-0.1, -0.05) is 0 Å². The SMILES string of the molecule is CS(=O)(=O)CS(=O)(=O)N1CCC(N)CC1. The molecule has 15 heavy (non-hydrogen) atoms. The zero-order valence-corrected chi connectivity index (χ0v) is 10.2. The zero-order valence-electron chi connectivity index (χ0n) is 8.59. The molecule has 8 heteroatoms. The summed E-state index contributed by atoms with van der Waals surface area (Å²) in [6.07, 6.45) is 2.09. The third-order valence-electron chi connectivity index (χ3n) is 2.25. The van der Waals surface area contributed by atoms with Gasteiger partial charge in [-0.25, -0.2) is 21.1 Å². The molecule has 1 aliphatic rings. The van der Waals surface area contributed by atoms with E-state index in [2.05, 4.69) is 0 Å². The Labute approximate surface area is 90.4 Å². The third kappa shape index (κ3) is 4.06. The number of nitrogens with zero attached hydrogens (tertiary/aromatic N) is 1. The summed E-state index contributed by atoms with van der Waals surface area (Å²) < 4.78 is 46.3. The van der Waals surface area contributed by atoms with Crippen LogP contribution in [0.4, 0.5) is 0 Å². The first-order valence-corrected chi connectivity index (χ1v) is 8.29. The quantitative estimate of drug-likeness (QED) is 0.680. The number of sulfonamides is 1. The van der Waals surface area contributed by atoms with Gasteiger partial charge in [0.05, 0.1) is 0 Å². The highest BCUT2D eigenvalue weighted by molar-refractivity contribution is 8.06. The van der Waals surface area contributed by atoms with Crippen LogP contribution < -0.4 is 5.73 Å². The van der Waals surface area contributed by atoms with Crippen molar-refractivity contribution in [1.29, 1.82) is 0 Å². The van der Waals surface area contributed by atoms with E-state index >= 15 is 0 Å². The lowest BCUT2D eigenvalue weighted by molar-refractivity contribution is 0.321. The Balaban J connectivity index is 2.71. The molecule has 90 valence electrons. The molecule has 1 aliphatic heterocycles. The molecule has 0 bridgehead atoms. The van der Waals surface area contributed by atoms with Gasteiger partial charge in [-0.05, 0) is 12.8 Å². The topological polar surface area (TPSA) is 97.5 Å². The minimum Gasteiger partial charge on any atom is -0.328 e. The van der Waals surface area contributed by atoms with E-state index in [0.29, 0.717) is 25.9 Å². The van der Waals surface area contributed by atoms with E-state index < -0.39 is 24.9 Å². The van der Waals surface area contributed by atoms with Crippen LogP contribution in [-0.2, 0) is 19.9 Å². The summed E-state index contributed by atoms with van der Waals surface area (Å²) >= 11 is 0. The van der Waals surface area contributed by atoms with Crippen molar-refractivity contribution in [3.05, 3.63) is 0 Å². The molecule has 0 aliphatic carbocycles. The highest BCUT2D eigenvalue weighted by atomic mass is 32.3. The molecule has 6 nitrogen and oxygen atoms in total. The first-order chi connectivity index (χ1) is 6.71. The van der Waals surface area contributed by atoms with Gasteiger partial charge < -0.3 is 5.73 Å². The molecule has 1 heterocycles. The van der Waals surface area contributed by atoms with Crippen molar-refractivity contribution in [1.82, 2.24) is 4.31 Å². The average molecular weight is 256 g/mol. The third-order valence-corrected chi connectivity index (χ3v) is 6.31. The molecule has 2 N–H and O–H groups in total. The molecule has 0 saturated carbocycles. The molecule has 0 amide bonds. The lowest BCUT2D eigenvalue weighted by Gasteiger charge is -2.28. The van der Waals surface area contributed by atoms with Crippen LogP contribution in [0.1, 0.15) is 12.8 Å². The van der Waals surface area contributed by atoms with Crippen molar-refractivity contribution in [3.63, 3.8) is 0 Å². The van der Waals surface area contributed by atoms with E-state index in [0.717, 1.165) is 6.26 Å². The fourth-order valence-electron chi connectivity index (χ4n) is 1.50. The van der Waals surface area contributed by atoms with Crippen molar-refractivity contribution < 1.29 is 16.8 Å². The maximum absolute atomic E-state index is 11.6. The van der Waals surface area contributed by atoms with E-state index in [1.54, 1.807) is 0 Å². The maximum atomic E-state index is 11.6. The van der Waals surface area contributed by atoms with Crippen LogP contribution >= 0.6 is 0 Å². The molecule has 1 rings (SSSR count). The highest BCUT2D eigenvalue weighted by Gasteiger charge is 2.29. The molecule has 1 fully saturated rings. The Morgan fingerprint density at radius 2 is 1.67 bits per heavy atom. The fraction of sp³-hybridized carbons (Fsp3) is 1.00. The van der Waals surface area contributed by atoms with Crippen LogP contribution in [0.2, 0.25) is 0 Å². The first kappa shape index (κ1) is 12.9. The molecular formula is C7H16N2O4S2. The number of hydrogen-bond donors (Lipinski definition) is 1. The molecule has 0 unspecified atom stereocenters. The summed E-state index contributed by atoms with van der Waals surface area (Å²) in [5, 5.41) is -0.810. The Morgan fingerprint density at radius 3 is 2.07 bits per heavy atom. The molecule has 0 spiro atoms. The molecule has 0 radical (unpaired) electrons. The van der Waals surface area contributed by atoms with Gasteiger partial charge in [0.1, 0.15) is 0 Å². The van der Waals surface area contributed by atoms with Crippen molar-refractivity contribution in [2.45, 2.75) is 18.9 Å². The largest absolute Gasteiger partial charge is 0.328 e. The number of hydrogen-bond acceptors (Lipinski definition) is 5. The zero-order chi connectivity index (χ0) is 11.7. The van der Waals surface area contributed by atoms with Crippen LogP contribution in [0.5, 0.6) is 0 Å². The number of piperidine rings is 1. The van der Waals surface area contributed by atoms with Crippen LogP contribution in [0.15, 0.2) is 0 Å².